The zero-order valence-electron chi connectivity index (χ0n) is 18.0. The number of furan rings is 1. The Bertz CT molecular complexity index is 579. The molecule has 1 aliphatic heterocycles. The van der Waals surface area contributed by atoms with E-state index in [0.29, 0.717) is 5.41 Å². The topological polar surface area (TPSA) is 71.3 Å². The normalized spacial score (nSPS) is 20.1. The van der Waals surface area contributed by atoms with E-state index in [1.165, 1.54) is 25.7 Å². The number of aliphatic imine (C=N–C) groups is 1. The van der Waals surface area contributed by atoms with Crippen LogP contribution in [0.3, 0.4) is 0 Å². The summed E-state index contributed by atoms with van der Waals surface area (Å²) in [5, 5.41) is 7.04. The lowest BCUT2D eigenvalue weighted by molar-refractivity contribution is 0.0389. The van der Waals surface area contributed by atoms with Gasteiger partial charge in [0.2, 0.25) is 0 Å². The molecule has 7 nitrogen and oxygen atoms in total. The van der Waals surface area contributed by atoms with Crippen LogP contribution in [0.4, 0.5) is 0 Å². The van der Waals surface area contributed by atoms with Crippen LogP contribution in [0.5, 0.6) is 0 Å². The Kier molecular flexibility index (Phi) is 9.31. The molecule has 2 aliphatic rings. The van der Waals surface area contributed by atoms with Crippen LogP contribution >= 0.6 is 0 Å². The first-order chi connectivity index (χ1) is 14.3. The first-order valence-corrected chi connectivity index (χ1v) is 11.1. The van der Waals surface area contributed by atoms with E-state index in [2.05, 4.69) is 15.5 Å². The zero-order chi connectivity index (χ0) is 20.2. The molecule has 1 saturated carbocycles. The first kappa shape index (κ1) is 22.1. The maximum absolute atomic E-state index is 5.44. The molecule has 1 aliphatic carbocycles. The molecule has 29 heavy (non-hydrogen) atoms. The van der Waals surface area contributed by atoms with Crippen molar-refractivity contribution in [3.05, 3.63) is 24.2 Å². The Morgan fingerprint density at radius 2 is 2.00 bits per heavy atom. The molecular weight excluding hydrogens is 368 g/mol. The van der Waals surface area contributed by atoms with Crippen molar-refractivity contribution in [1.29, 1.82) is 0 Å². The first-order valence-electron chi connectivity index (χ1n) is 11.1. The van der Waals surface area contributed by atoms with Crippen molar-refractivity contribution in [3.8, 4) is 0 Å². The van der Waals surface area contributed by atoms with Crippen molar-refractivity contribution in [2.45, 2.75) is 38.5 Å². The van der Waals surface area contributed by atoms with E-state index in [9.17, 15) is 0 Å². The van der Waals surface area contributed by atoms with E-state index in [-0.39, 0.29) is 0 Å². The van der Waals surface area contributed by atoms with Crippen LogP contribution in [0.2, 0.25) is 0 Å². The third-order valence-corrected chi connectivity index (χ3v) is 6.14. The van der Waals surface area contributed by atoms with Crippen molar-refractivity contribution in [1.82, 2.24) is 15.5 Å². The van der Waals surface area contributed by atoms with Crippen molar-refractivity contribution < 1.29 is 13.9 Å². The molecule has 0 amide bonds. The van der Waals surface area contributed by atoms with Crippen molar-refractivity contribution >= 4 is 5.96 Å². The van der Waals surface area contributed by atoms with Gasteiger partial charge in [-0.2, -0.15) is 0 Å². The van der Waals surface area contributed by atoms with Crippen LogP contribution in [-0.2, 0) is 15.9 Å². The number of guanidine groups is 1. The third-order valence-electron chi connectivity index (χ3n) is 6.14. The summed E-state index contributed by atoms with van der Waals surface area (Å²) in [6.07, 6.45) is 8.81. The molecule has 0 unspecified atom stereocenters. The molecule has 7 heteroatoms. The van der Waals surface area contributed by atoms with Gasteiger partial charge in [-0.25, -0.2) is 0 Å². The minimum atomic E-state index is 0.301. The number of hydrogen-bond donors (Lipinski definition) is 2. The van der Waals surface area contributed by atoms with E-state index >= 15 is 0 Å². The monoisotopic (exact) mass is 406 g/mol. The number of morpholine rings is 1. The van der Waals surface area contributed by atoms with Crippen LogP contribution in [0, 0.1) is 5.41 Å². The average Bonchev–Trinajstić information content (AvgIpc) is 3.44. The largest absolute Gasteiger partial charge is 0.469 e. The molecule has 2 heterocycles. The fourth-order valence-corrected chi connectivity index (χ4v) is 4.27. The van der Waals surface area contributed by atoms with Gasteiger partial charge >= 0.3 is 0 Å². The molecule has 2 N–H and O–H groups in total. The highest BCUT2D eigenvalue weighted by Crippen LogP contribution is 2.41. The van der Waals surface area contributed by atoms with E-state index in [0.717, 1.165) is 83.7 Å². The third kappa shape index (κ3) is 7.64. The van der Waals surface area contributed by atoms with Crippen LogP contribution in [0.15, 0.2) is 27.8 Å². The van der Waals surface area contributed by atoms with Gasteiger partial charge in [0.25, 0.3) is 0 Å². The number of nitrogens with zero attached hydrogens (tertiary/aromatic N) is 2. The van der Waals surface area contributed by atoms with Gasteiger partial charge in [0.15, 0.2) is 5.96 Å². The predicted molar refractivity (Wildman–Crippen MR) is 115 cm³/mol. The van der Waals surface area contributed by atoms with E-state index in [1.54, 1.807) is 13.4 Å². The van der Waals surface area contributed by atoms with Gasteiger partial charge in [0.05, 0.1) is 19.5 Å². The van der Waals surface area contributed by atoms with Gasteiger partial charge in [-0.1, -0.05) is 12.8 Å². The van der Waals surface area contributed by atoms with E-state index in [1.807, 2.05) is 12.1 Å². The molecule has 164 valence electrons. The van der Waals surface area contributed by atoms with Gasteiger partial charge in [-0.3, -0.25) is 9.89 Å². The van der Waals surface area contributed by atoms with Crippen LogP contribution in [-0.4, -0.2) is 77.1 Å². The molecule has 1 saturated heterocycles. The Labute approximate surface area is 175 Å². The maximum Gasteiger partial charge on any atom is 0.191 e. The Morgan fingerprint density at radius 3 is 2.72 bits per heavy atom. The number of nitrogens with one attached hydrogen (secondary N) is 2. The quantitative estimate of drug-likeness (QED) is 0.434. The summed E-state index contributed by atoms with van der Waals surface area (Å²) in [7, 11) is 1.79. The fourth-order valence-electron chi connectivity index (χ4n) is 4.27. The van der Waals surface area contributed by atoms with Gasteiger partial charge in [-0.05, 0) is 36.8 Å². The molecule has 2 fully saturated rings. The molecular formula is C22H38N4O3. The van der Waals surface area contributed by atoms with Crippen molar-refractivity contribution in [3.63, 3.8) is 0 Å². The Balaban J connectivity index is 1.51. The van der Waals surface area contributed by atoms with Crippen molar-refractivity contribution in [2.75, 3.05) is 66.2 Å². The summed E-state index contributed by atoms with van der Waals surface area (Å²) in [4.78, 5) is 7.44. The summed E-state index contributed by atoms with van der Waals surface area (Å²) in [5.74, 6) is 1.91. The summed E-state index contributed by atoms with van der Waals surface area (Å²) in [5.41, 5.74) is 0.301. The second kappa shape index (κ2) is 12.2. The number of rotatable bonds is 11. The molecule has 3 rings (SSSR count). The minimum Gasteiger partial charge on any atom is -0.469 e. The maximum atomic E-state index is 5.44. The minimum absolute atomic E-state index is 0.301. The molecule has 0 aromatic carbocycles. The lowest BCUT2D eigenvalue weighted by Gasteiger charge is -2.28. The molecule has 0 radical (unpaired) electrons. The highest BCUT2D eigenvalue weighted by molar-refractivity contribution is 5.79. The molecule has 0 spiro atoms. The zero-order valence-corrected chi connectivity index (χ0v) is 18.0. The standard InChI is InChI=1S/C22H38N4O3/c1-27-16-9-22(7-2-3-8-22)19-25-21(23-10-6-20-5-4-15-29-20)24-11-12-26-13-17-28-18-14-26/h4-5,15H,2-3,6-14,16-19H2,1H3,(H2,23,24,25). The van der Waals surface area contributed by atoms with Crippen LogP contribution in [0.1, 0.15) is 37.9 Å². The molecule has 0 bridgehead atoms. The summed E-state index contributed by atoms with van der Waals surface area (Å²) in [6.45, 7) is 8.09. The second-order valence-electron chi connectivity index (χ2n) is 8.25. The lowest BCUT2D eigenvalue weighted by atomic mass is 9.83. The molecule has 1 aromatic rings. The van der Waals surface area contributed by atoms with E-state index in [4.69, 9.17) is 18.9 Å². The highest BCUT2D eigenvalue weighted by Gasteiger charge is 2.33. The highest BCUT2D eigenvalue weighted by atomic mass is 16.5. The summed E-state index contributed by atoms with van der Waals surface area (Å²) >= 11 is 0. The average molecular weight is 407 g/mol. The predicted octanol–water partition coefficient (Wildman–Crippen LogP) is 2.29. The fraction of sp³-hybridized carbons (Fsp3) is 0.773. The number of hydrogen-bond acceptors (Lipinski definition) is 5. The number of methoxy groups -OCH3 is 1. The SMILES string of the molecule is COCCC1(CN=C(NCCc2ccco2)NCCN2CCOCC2)CCCC1. The van der Waals surface area contributed by atoms with Gasteiger partial charge in [-0.15, -0.1) is 0 Å². The second-order valence-corrected chi connectivity index (χ2v) is 8.25. The van der Waals surface area contributed by atoms with Crippen LogP contribution < -0.4 is 10.6 Å². The lowest BCUT2D eigenvalue weighted by Crippen LogP contribution is -2.45. The van der Waals surface area contributed by atoms with Gasteiger partial charge in [0.1, 0.15) is 5.76 Å². The Hall–Kier alpha value is -1.57. The summed E-state index contributed by atoms with van der Waals surface area (Å²) < 4.78 is 16.2. The van der Waals surface area contributed by atoms with Gasteiger partial charge < -0.3 is 24.5 Å². The Morgan fingerprint density at radius 1 is 1.21 bits per heavy atom. The van der Waals surface area contributed by atoms with Crippen molar-refractivity contribution in [2.24, 2.45) is 10.4 Å². The number of ether oxygens (including phenoxy) is 2. The van der Waals surface area contributed by atoms with Gasteiger partial charge in [0, 0.05) is 59.4 Å². The molecule has 1 aromatic heterocycles. The summed E-state index contributed by atoms with van der Waals surface area (Å²) in [6, 6.07) is 3.95. The smallest absolute Gasteiger partial charge is 0.191 e. The molecule has 0 atom stereocenters. The van der Waals surface area contributed by atoms with Crippen LogP contribution in [0.25, 0.3) is 0 Å². The van der Waals surface area contributed by atoms with E-state index < -0.39 is 0 Å².